The van der Waals surface area contributed by atoms with E-state index in [0.717, 1.165) is 24.5 Å². The summed E-state index contributed by atoms with van der Waals surface area (Å²) in [6.07, 6.45) is 1.79. The number of carbonyl (C=O) groups excluding carboxylic acids is 1. The Bertz CT molecular complexity index is 446. The quantitative estimate of drug-likeness (QED) is 0.684. The molecule has 0 aliphatic rings. The molecule has 2 amide bonds. The van der Waals surface area contributed by atoms with Crippen LogP contribution in [0, 0.1) is 5.92 Å². The smallest absolute Gasteiger partial charge is 0.315 e. The number of urea groups is 1. The number of aliphatic hydroxyl groups excluding tert-OH is 1. The largest absolute Gasteiger partial charge is 0.396 e. The summed E-state index contributed by atoms with van der Waals surface area (Å²) in [6.45, 7) is 10.3. The van der Waals surface area contributed by atoms with Gasteiger partial charge in [-0.1, -0.05) is 13.0 Å². The van der Waals surface area contributed by atoms with Gasteiger partial charge in [-0.3, -0.25) is 0 Å². The van der Waals surface area contributed by atoms with Gasteiger partial charge in [0.2, 0.25) is 0 Å². The van der Waals surface area contributed by atoms with Crippen LogP contribution in [0.25, 0.3) is 0 Å². The maximum atomic E-state index is 11.8. The normalized spacial score (nSPS) is 13.3. The number of amides is 2. The highest BCUT2D eigenvalue weighted by atomic mass is 16.3. The standard InChI is InChI=1S/C16H28N4O2/c1-5-20(6-2)15-8-7-14(9-17-15)10-18-16(22)19-13(4)12(3)11-21/h7-9,12-13,21H,5-6,10-11H2,1-4H3,(H2,18,19,22). The van der Waals surface area contributed by atoms with E-state index >= 15 is 0 Å². The Morgan fingerprint density at radius 1 is 1.32 bits per heavy atom. The summed E-state index contributed by atoms with van der Waals surface area (Å²) in [5.41, 5.74) is 0.953. The molecule has 1 aromatic heterocycles. The minimum Gasteiger partial charge on any atom is -0.396 e. The third kappa shape index (κ3) is 5.52. The van der Waals surface area contributed by atoms with Crippen LogP contribution in [0.1, 0.15) is 33.3 Å². The van der Waals surface area contributed by atoms with E-state index in [-0.39, 0.29) is 24.6 Å². The van der Waals surface area contributed by atoms with Gasteiger partial charge in [0.05, 0.1) is 0 Å². The fraction of sp³-hybridized carbons (Fsp3) is 0.625. The molecule has 0 spiro atoms. The van der Waals surface area contributed by atoms with Gasteiger partial charge >= 0.3 is 6.03 Å². The van der Waals surface area contributed by atoms with Crippen molar-refractivity contribution in [1.29, 1.82) is 0 Å². The van der Waals surface area contributed by atoms with Crippen molar-refractivity contribution in [3.8, 4) is 0 Å². The van der Waals surface area contributed by atoms with Gasteiger partial charge in [-0.15, -0.1) is 0 Å². The molecule has 1 aromatic rings. The molecule has 6 nitrogen and oxygen atoms in total. The van der Waals surface area contributed by atoms with E-state index in [4.69, 9.17) is 5.11 Å². The van der Waals surface area contributed by atoms with Crippen LogP contribution in [-0.4, -0.2) is 41.9 Å². The second-order valence-corrected chi connectivity index (χ2v) is 5.47. The van der Waals surface area contributed by atoms with E-state index in [1.807, 2.05) is 26.0 Å². The van der Waals surface area contributed by atoms with Crippen molar-refractivity contribution < 1.29 is 9.90 Å². The Kier molecular flexibility index (Phi) is 7.66. The van der Waals surface area contributed by atoms with E-state index in [0.29, 0.717) is 6.54 Å². The monoisotopic (exact) mass is 308 g/mol. The Morgan fingerprint density at radius 2 is 2.00 bits per heavy atom. The van der Waals surface area contributed by atoms with Crippen molar-refractivity contribution in [1.82, 2.24) is 15.6 Å². The summed E-state index contributed by atoms with van der Waals surface area (Å²) >= 11 is 0. The molecule has 22 heavy (non-hydrogen) atoms. The molecule has 6 heteroatoms. The number of carbonyl (C=O) groups is 1. The van der Waals surface area contributed by atoms with Gasteiger partial charge in [0, 0.05) is 38.5 Å². The van der Waals surface area contributed by atoms with Crippen LogP contribution in [0.3, 0.4) is 0 Å². The number of hydrogen-bond donors (Lipinski definition) is 3. The fourth-order valence-corrected chi connectivity index (χ4v) is 2.00. The van der Waals surface area contributed by atoms with Gasteiger partial charge in [0.1, 0.15) is 5.82 Å². The predicted octanol–water partition coefficient (Wildman–Crippen LogP) is 1.74. The molecule has 0 bridgehead atoms. The first-order valence-corrected chi connectivity index (χ1v) is 7.86. The van der Waals surface area contributed by atoms with Crippen LogP contribution in [0.4, 0.5) is 10.6 Å². The number of pyridine rings is 1. The molecule has 1 heterocycles. The topological polar surface area (TPSA) is 77.5 Å². The lowest BCUT2D eigenvalue weighted by atomic mass is 10.1. The number of rotatable bonds is 8. The Balaban J connectivity index is 2.46. The average Bonchev–Trinajstić information content (AvgIpc) is 2.54. The van der Waals surface area contributed by atoms with Gasteiger partial charge in [0.15, 0.2) is 0 Å². The lowest BCUT2D eigenvalue weighted by Crippen LogP contribution is -2.43. The van der Waals surface area contributed by atoms with E-state index in [1.54, 1.807) is 6.20 Å². The van der Waals surface area contributed by atoms with Crippen molar-refractivity contribution in [2.45, 2.75) is 40.3 Å². The van der Waals surface area contributed by atoms with Crippen LogP contribution in [-0.2, 0) is 6.54 Å². The highest BCUT2D eigenvalue weighted by Crippen LogP contribution is 2.10. The zero-order chi connectivity index (χ0) is 16.5. The molecular weight excluding hydrogens is 280 g/mol. The molecule has 124 valence electrons. The summed E-state index contributed by atoms with van der Waals surface area (Å²) in [5, 5.41) is 14.7. The van der Waals surface area contributed by atoms with Crippen LogP contribution in [0.2, 0.25) is 0 Å². The van der Waals surface area contributed by atoms with E-state index in [2.05, 4.69) is 34.4 Å². The van der Waals surface area contributed by atoms with Gasteiger partial charge in [-0.2, -0.15) is 0 Å². The van der Waals surface area contributed by atoms with Crippen molar-refractivity contribution in [2.24, 2.45) is 5.92 Å². The first kappa shape index (κ1) is 18.2. The van der Waals surface area contributed by atoms with Crippen molar-refractivity contribution >= 4 is 11.8 Å². The molecule has 0 saturated carbocycles. The minimum atomic E-state index is -0.236. The summed E-state index contributed by atoms with van der Waals surface area (Å²) in [4.78, 5) is 18.4. The highest BCUT2D eigenvalue weighted by Gasteiger charge is 2.13. The van der Waals surface area contributed by atoms with Crippen molar-refractivity contribution in [2.75, 3.05) is 24.6 Å². The van der Waals surface area contributed by atoms with Gasteiger partial charge in [0.25, 0.3) is 0 Å². The first-order chi connectivity index (χ1) is 10.5. The SMILES string of the molecule is CCN(CC)c1ccc(CNC(=O)NC(C)C(C)CO)cn1. The number of anilines is 1. The predicted molar refractivity (Wildman–Crippen MR) is 88.9 cm³/mol. The Labute approximate surface area is 132 Å². The molecule has 0 radical (unpaired) electrons. The fourth-order valence-electron chi connectivity index (χ4n) is 2.00. The lowest BCUT2D eigenvalue weighted by Gasteiger charge is -2.20. The number of nitrogens with one attached hydrogen (secondary N) is 2. The molecule has 1 rings (SSSR count). The summed E-state index contributed by atoms with van der Waals surface area (Å²) in [7, 11) is 0. The first-order valence-electron chi connectivity index (χ1n) is 7.86. The molecule has 0 aliphatic carbocycles. The maximum Gasteiger partial charge on any atom is 0.315 e. The van der Waals surface area contributed by atoms with Crippen molar-refractivity contribution in [3.63, 3.8) is 0 Å². The van der Waals surface area contributed by atoms with Gasteiger partial charge in [-0.05, 0) is 38.3 Å². The average molecular weight is 308 g/mol. The Hall–Kier alpha value is -1.82. The molecule has 0 saturated heterocycles. The van der Waals surface area contributed by atoms with E-state index in [1.165, 1.54) is 0 Å². The van der Waals surface area contributed by atoms with Crippen LogP contribution in [0.15, 0.2) is 18.3 Å². The third-order valence-electron chi connectivity index (χ3n) is 3.85. The third-order valence-corrected chi connectivity index (χ3v) is 3.85. The number of aromatic nitrogens is 1. The molecule has 2 unspecified atom stereocenters. The van der Waals surface area contributed by atoms with E-state index < -0.39 is 0 Å². The second-order valence-electron chi connectivity index (χ2n) is 5.47. The van der Waals surface area contributed by atoms with Gasteiger partial charge in [-0.25, -0.2) is 9.78 Å². The maximum absolute atomic E-state index is 11.8. The zero-order valence-corrected chi connectivity index (χ0v) is 14.0. The molecular formula is C16H28N4O2. The second kappa shape index (κ2) is 9.25. The molecule has 0 aromatic carbocycles. The van der Waals surface area contributed by atoms with Crippen LogP contribution in [0.5, 0.6) is 0 Å². The lowest BCUT2D eigenvalue weighted by molar-refractivity contribution is 0.200. The zero-order valence-electron chi connectivity index (χ0n) is 14.0. The summed E-state index contributed by atoms with van der Waals surface area (Å²) < 4.78 is 0. The summed E-state index contributed by atoms with van der Waals surface area (Å²) in [5.74, 6) is 0.976. The molecule has 0 fully saturated rings. The minimum absolute atomic E-state index is 0.0285. The molecule has 3 N–H and O–H groups in total. The van der Waals surface area contributed by atoms with Crippen molar-refractivity contribution in [3.05, 3.63) is 23.9 Å². The van der Waals surface area contributed by atoms with E-state index in [9.17, 15) is 4.79 Å². The van der Waals surface area contributed by atoms with Gasteiger partial charge < -0.3 is 20.6 Å². The number of aliphatic hydroxyl groups is 1. The molecule has 0 aliphatic heterocycles. The Morgan fingerprint density at radius 3 is 2.50 bits per heavy atom. The molecule has 2 atom stereocenters. The highest BCUT2D eigenvalue weighted by molar-refractivity contribution is 5.74. The van der Waals surface area contributed by atoms with Crippen LogP contribution < -0.4 is 15.5 Å². The number of nitrogens with zero attached hydrogens (tertiary/aromatic N) is 2. The summed E-state index contributed by atoms with van der Waals surface area (Å²) in [6, 6.07) is 3.63. The van der Waals surface area contributed by atoms with Crippen LogP contribution >= 0.6 is 0 Å². The number of hydrogen-bond acceptors (Lipinski definition) is 4.